The van der Waals surface area contributed by atoms with Crippen molar-refractivity contribution in [1.82, 2.24) is 10.3 Å². The second-order valence-corrected chi connectivity index (χ2v) is 5.95. The number of para-hydroxylation sites is 1. The number of fused-ring (bicyclic) bond motifs is 1. The molecule has 1 aromatic carbocycles. The van der Waals surface area contributed by atoms with E-state index in [4.69, 9.17) is 9.47 Å². The molecule has 1 N–H and O–H groups in total. The molecular formula is C19H22N2O3. The van der Waals surface area contributed by atoms with Crippen LogP contribution < -0.4 is 10.1 Å². The summed E-state index contributed by atoms with van der Waals surface area (Å²) in [6.45, 7) is 2.97. The van der Waals surface area contributed by atoms with E-state index in [9.17, 15) is 4.79 Å². The molecule has 126 valence electrons. The van der Waals surface area contributed by atoms with Crippen molar-refractivity contribution in [3.8, 4) is 17.0 Å². The number of amides is 1. The molecule has 0 saturated heterocycles. The van der Waals surface area contributed by atoms with E-state index in [2.05, 4.69) is 16.4 Å². The maximum atomic E-state index is 11.7. The number of aryl methyl sites for hydroxylation is 1. The summed E-state index contributed by atoms with van der Waals surface area (Å²) in [6, 6.07) is 10.1. The Morgan fingerprint density at radius 2 is 2.25 bits per heavy atom. The van der Waals surface area contributed by atoms with Gasteiger partial charge in [0.05, 0.1) is 18.8 Å². The molecule has 1 aliphatic rings. The molecule has 0 spiro atoms. The highest BCUT2D eigenvalue weighted by molar-refractivity contribution is 5.76. The van der Waals surface area contributed by atoms with Gasteiger partial charge in [0.2, 0.25) is 5.91 Å². The van der Waals surface area contributed by atoms with Crippen LogP contribution >= 0.6 is 0 Å². The molecule has 2 heterocycles. The summed E-state index contributed by atoms with van der Waals surface area (Å²) in [5.74, 6) is 0.868. The largest absolute Gasteiger partial charge is 0.487 e. The molecule has 24 heavy (non-hydrogen) atoms. The number of nitrogens with zero attached hydrogens (tertiary/aromatic N) is 1. The predicted molar refractivity (Wildman–Crippen MR) is 92.0 cm³/mol. The van der Waals surface area contributed by atoms with Crippen LogP contribution in [0.4, 0.5) is 0 Å². The summed E-state index contributed by atoms with van der Waals surface area (Å²) in [5, 5.41) is 2.91. The highest BCUT2D eigenvalue weighted by atomic mass is 16.5. The average Bonchev–Trinajstić information content (AvgIpc) is 3.02. The van der Waals surface area contributed by atoms with E-state index in [-0.39, 0.29) is 12.0 Å². The Morgan fingerprint density at radius 1 is 1.38 bits per heavy atom. The fourth-order valence-corrected chi connectivity index (χ4v) is 2.92. The van der Waals surface area contributed by atoms with Gasteiger partial charge in [-0.15, -0.1) is 0 Å². The third kappa shape index (κ3) is 3.57. The number of aromatic nitrogens is 1. The van der Waals surface area contributed by atoms with Crippen molar-refractivity contribution in [2.45, 2.75) is 25.9 Å². The van der Waals surface area contributed by atoms with Gasteiger partial charge < -0.3 is 14.8 Å². The van der Waals surface area contributed by atoms with Gasteiger partial charge in [-0.2, -0.15) is 0 Å². The zero-order chi connectivity index (χ0) is 16.9. The maximum absolute atomic E-state index is 11.7. The molecule has 0 aliphatic carbocycles. The van der Waals surface area contributed by atoms with Gasteiger partial charge >= 0.3 is 0 Å². The molecule has 3 rings (SSSR count). The van der Waals surface area contributed by atoms with Crippen molar-refractivity contribution in [2.75, 3.05) is 20.3 Å². The predicted octanol–water partition coefficient (Wildman–Crippen LogP) is 2.51. The van der Waals surface area contributed by atoms with Crippen LogP contribution in [0.2, 0.25) is 0 Å². The lowest BCUT2D eigenvalue weighted by molar-refractivity contribution is -0.122. The van der Waals surface area contributed by atoms with E-state index >= 15 is 0 Å². The molecule has 1 aliphatic heterocycles. The number of ether oxygens (including phenoxy) is 2. The molecule has 0 radical (unpaired) electrons. The zero-order valence-electron chi connectivity index (χ0n) is 14.0. The number of benzene rings is 1. The SMILES string of the molecule is COCCC(=O)NC[C@@H]1Cc2cccc(-c3ncccc3C)c2O1. The topological polar surface area (TPSA) is 60.5 Å². The molecule has 0 fully saturated rings. The minimum atomic E-state index is -0.0448. The van der Waals surface area contributed by atoms with E-state index in [0.717, 1.165) is 34.6 Å². The first-order chi connectivity index (χ1) is 11.7. The molecule has 0 unspecified atom stereocenters. The first-order valence-electron chi connectivity index (χ1n) is 8.15. The molecule has 0 bridgehead atoms. The third-order valence-corrected chi connectivity index (χ3v) is 4.15. The molecule has 0 saturated carbocycles. The minimum absolute atomic E-state index is 0.0165. The van der Waals surface area contributed by atoms with Gasteiger partial charge in [-0.3, -0.25) is 9.78 Å². The molecule has 1 amide bonds. The lowest BCUT2D eigenvalue weighted by Gasteiger charge is -2.14. The number of hydrogen-bond donors (Lipinski definition) is 1. The van der Waals surface area contributed by atoms with Crippen LogP contribution in [-0.4, -0.2) is 37.3 Å². The van der Waals surface area contributed by atoms with E-state index in [1.807, 2.05) is 31.2 Å². The normalized spacial score (nSPS) is 15.7. The van der Waals surface area contributed by atoms with Crippen LogP contribution in [0.15, 0.2) is 36.5 Å². The Bertz CT molecular complexity index is 730. The van der Waals surface area contributed by atoms with Crippen LogP contribution in [0.3, 0.4) is 0 Å². The Hall–Kier alpha value is -2.40. The zero-order valence-corrected chi connectivity index (χ0v) is 14.0. The molecule has 1 atom stereocenters. The van der Waals surface area contributed by atoms with Crippen LogP contribution in [0.5, 0.6) is 5.75 Å². The fraction of sp³-hybridized carbons (Fsp3) is 0.368. The second-order valence-electron chi connectivity index (χ2n) is 5.95. The summed E-state index contributed by atoms with van der Waals surface area (Å²) in [4.78, 5) is 16.2. The first-order valence-corrected chi connectivity index (χ1v) is 8.15. The number of carbonyl (C=O) groups excluding carboxylic acids is 1. The Labute approximate surface area is 142 Å². The highest BCUT2D eigenvalue weighted by Crippen LogP contribution is 2.38. The summed E-state index contributed by atoms with van der Waals surface area (Å²) in [5.41, 5.74) is 4.23. The monoisotopic (exact) mass is 326 g/mol. The van der Waals surface area contributed by atoms with Crippen LogP contribution in [0.1, 0.15) is 17.5 Å². The molecular weight excluding hydrogens is 304 g/mol. The number of carbonyl (C=O) groups is 1. The number of nitrogens with one attached hydrogen (secondary N) is 1. The highest BCUT2D eigenvalue weighted by Gasteiger charge is 2.26. The second kappa shape index (κ2) is 7.45. The van der Waals surface area contributed by atoms with Crippen LogP contribution in [-0.2, 0) is 16.0 Å². The lowest BCUT2D eigenvalue weighted by atomic mass is 10.0. The quantitative estimate of drug-likeness (QED) is 0.886. The Kier molecular flexibility index (Phi) is 5.11. The summed E-state index contributed by atoms with van der Waals surface area (Å²) in [7, 11) is 1.59. The standard InChI is InChI=1S/C19H22N2O3/c1-13-5-4-9-20-18(13)16-7-3-6-14-11-15(24-19(14)16)12-21-17(22)8-10-23-2/h3-7,9,15H,8,10-12H2,1-2H3,(H,21,22)/t15-/m0/s1. The smallest absolute Gasteiger partial charge is 0.222 e. The Balaban J connectivity index is 1.71. The Morgan fingerprint density at radius 3 is 3.04 bits per heavy atom. The van der Waals surface area contributed by atoms with Crippen LogP contribution in [0.25, 0.3) is 11.3 Å². The van der Waals surface area contributed by atoms with E-state index in [0.29, 0.717) is 19.6 Å². The maximum Gasteiger partial charge on any atom is 0.222 e. The van der Waals surface area contributed by atoms with Crippen molar-refractivity contribution >= 4 is 5.91 Å². The van der Waals surface area contributed by atoms with Crippen molar-refractivity contribution in [3.05, 3.63) is 47.7 Å². The molecule has 5 heteroatoms. The van der Waals surface area contributed by atoms with Gasteiger partial charge in [-0.25, -0.2) is 0 Å². The molecule has 5 nitrogen and oxygen atoms in total. The van der Waals surface area contributed by atoms with Gasteiger partial charge in [0, 0.05) is 31.7 Å². The minimum Gasteiger partial charge on any atom is -0.487 e. The lowest BCUT2D eigenvalue weighted by Crippen LogP contribution is -2.34. The van der Waals surface area contributed by atoms with Crippen molar-refractivity contribution < 1.29 is 14.3 Å². The third-order valence-electron chi connectivity index (χ3n) is 4.15. The van der Waals surface area contributed by atoms with Gasteiger partial charge in [0.1, 0.15) is 11.9 Å². The number of methoxy groups -OCH3 is 1. The number of pyridine rings is 1. The fourth-order valence-electron chi connectivity index (χ4n) is 2.92. The average molecular weight is 326 g/mol. The van der Waals surface area contributed by atoms with E-state index in [1.54, 1.807) is 13.3 Å². The van der Waals surface area contributed by atoms with E-state index < -0.39 is 0 Å². The first kappa shape index (κ1) is 16.5. The summed E-state index contributed by atoms with van der Waals surface area (Å²) >= 11 is 0. The van der Waals surface area contributed by atoms with Crippen molar-refractivity contribution in [1.29, 1.82) is 0 Å². The molecule has 2 aromatic rings. The van der Waals surface area contributed by atoms with Gasteiger partial charge in [0.25, 0.3) is 0 Å². The van der Waals surface area contributed by atoms with Crippen molar-refractivity contribution in [3.63, 3.8) is 0 Å². The van der Waals surface area contributed by atoms with Crippen LogP contribution in [0, 0.1) is 6.92 Å². The van der Waals surface area contributed by atoms with E-state index in [1.165, 1.54) is 0 Å². The van der Waals surface area contributed by atoms with Crippen molar-refractivity contribution in [2.24, 2.45) is 0 Å². The number of rotatable bonds is 6. The van der Waals surface area contributed by atoms with Gasteiger partial charge in [-0.05, 0) is 30.2 Å². The summed E-state index contributed by atoms with van der Waals surface area (Å²) in [6.07, 6.45) is 2.91. The molecule has 1 aromatic heterocycles. The summed E-state index contributed by atoms with van der Waals surface area (Å²) < 4.78 is 11.0. The number of hydrogen-bond acceptors (Lipinski definition) is 4. The van der Waals surface area contributed by atoms with Gasteiger partial charge in [-0.1, -0.05) is 18.2 Å². The van der Waals surface area contributed by atoms with Gasteiger partial charge in [0.15, 0.2) is 0 Å².